The maximum absolute atomic E-state index is 14.4. The maximum atomic E-state index is 14.4. The lowest BCUT2D eigenvalue weighted by Crippen LogP contribution is -2.68. The van der Waals surface area contributed by atoms with E-state index in [1.165, 1.54) is 0 Å². The number of aliphatic hydroxyl groups is 8. The van der Waals surface area contributed by atoms with Crippen molar-refractivity contribution in [2.45, 2.75) is 196 Å². The van der Waals surface area contributed by atoms with Crippen molar-refractivity contribution in [1.82, 2.24) is 10.6 Å². The number of phenolic OH excluding ortho intramolecular Hbond substituents is 1. The number of phenols is 1. The van der Waals surface area contributed by atoms with Crippen LogP contribution in [0.25, 0.3) is 6.08 Å². The molecule has 0 radical (unpaired) electrons. The van der Waals surface area contributed by atoms with Crippen molar-refractivity contribution in [3.63, 3.8) is 0 Å². The number of fused-ring (bicyclic) bond motifs is 7. The zero-order chi connectivity index (χ0) is 57.0. The normalized spacial score (nSPS) is 28.6. The Hall–Kier alpha value is -5.22. The molecule has 4 aliphatic heterocycles. The first-order valence-corrected chi connectivity index (χ1v) is 28.7. The fraction of sp³-hybridized carbons (Fsp3) is 0.562. The minimum Gasteiger partial charge on any atom is -0.508 e. The summed E-state index contributed by atoms with van der Waals surface area (Å²) in [6.07, 6.45) is 4.71. The lowest BCUT2D eigenvalue weighted by atomic mass is 9.59. The number of carboxylic acid groups (broad SMARTS) is 2. The highest BCUT2D eigenvalue weighted by Crippen LogP contribution is 2.50. The SMILES string of the molecule is CCCCC(O)C(O)C=CC1=C(CC(O)CO)C2CCC(O)C3NC(C)CCC(C(O)Cc4ccc(cc4CCC(=O)O)CC(C(C)(O)C4c5ccc(O)cc5C=CC4CCO)(CC#Cc4ccccc4CC1)N2)C3CC(=O)O. The fourth-order valence-electron chi connectivity index (χ4n) is 13.4. The lowest BCUT2D eigenvalue weighted by molar-refractivity contribution is -0.140. The van der Waals surface area contributed by atoms with E-state index in [-0.39, 0.29) is 82.6 Å². The van der Waals surface area contributed by atoms with Crippen LogP contribution in [0.2, 0.25) is 0 Å². The summed E-state index contributed by atoms with van der Waals surface area (Å²) in [5.74, 6) is 2.30. The molecule has 3 aromatic carbocycles. The predicted molar refractivity (Wildman–Crippen MR) is 303 cm³/mol. The van der Waals surface area contributed by atoms with E-state index in [1.54, 1.807) is 37.3 Å². The first kappa shape index (κ1) is 61.4. The topological polar surface area (TPSA) is 281 Å². The van der Waals surface area contributed by atoms with Crippen molar-refractivity contribution in [3.8, 4) is 17.6 Å². The van der Waals surface area contributed by atoms with Gasteiger partial charge in [0.15, 0.2) is 0 Å². The summed E-state index contributed by atoms with van der Waals surface area (Å²) in [4.78, 5) is 25.2. The smallest absolute Gasteiger partial charge is 0.303 e. The Kier molecular flexibility index (Phi) is 21.7. The molecule has 13 N–H and O–H groups in total. The molecule has 15 nitrogen and oxygen atoms in total. The largest absolute Gasteiger partial charge is 0.508 e. The monoisotopic (exact) mass is 1090 g/mol. The molecule has 14 unspecified atom stereocenters. The van der Waals surface area contributed by atoms with Crippen LogP contribution in [0.4, 0.5) is 0 Å². The van der Waals surface area contributed by atoms with E-state index in [2.05, 4.69) is 22.5 Å². The van der Waals surface area contributed by atoms with Crippen LogP contribution in [-0.2, 0) is 35.3 Å². The molecule has 3 aromatic rings. The number of aromatic hydroxyl groups is 1. The highest BCUT2D eigenvalue weighted by molar-refractivity contribution is 5.68. The third kappa shape index (κ3) is 15.2. The number of benzene rings is 3. The molecule has 430 valence electrons. The van der Waals surface area contributed by atoms with Crippen LogP contribution in [0, 0.1) is 29.6 Å². The van der Waals surface area contributed by atoms with Crippen LogP contribution < -0.4 is 10.6 Å². The van der Waals surface area contributed by atoms with Crippen molar-refractivity contribution >= 4 is 18.0 Å². The molecule has 0 spiro atoms. The summed E-state index contributed by atoms with van der Waals surface area (Å²) < 4.78 is 0. The molecule has 0 saturated carbocycles. The summed E-state index contributed by atoms with van der Waals surface area (Å²) in [5, 5.41) is 135. The standard InChI is InChI=1S/C64H86N2O13/c1-4-5-12-55(71)56(72)26-20-43-17-16-42-10-7-6-9-41(42)11-8-30-64(63(3,79)61-44(29-31-67)18-19-47-33-48(69)22-24-50(47)61)37-40-14-15-46(45(32-40)21-28-59(75)76)34-58(74)51-23-13-39(2)65-62(53(51)36-60(77)78)57(73)27-25-54(66-64)52(43)35-49(70)38-68/h6-7,9-10,14-15,18-20,22,24,26,32-33,39,44,49,51,53-58,61-62,65-74,79H,4-5,12-13,16-17,21,23,25,27-31,34-38H2,1-3H3,(H,75,76)(H,77,78). The average Bonchev–Trinajstić information content (AvgIpc) is 3.69. The van der Waals surface area contributed by atoms with Gasteiger partial charge < -0.3 is 66.8 Å². The number of hydrogen-bond acceptors (Lipinski definition) is 13. The number of allylic oxidation sites excluding steroid dienone is 3. The van der Waals surface area contributed by atoms with Gasteiger partial charge in [0.25, 0.3) is 0 Å². The average molecular weight is 1090 g/mol. The number of unbranched alkanes of at least 4 members (excludes halogenated alkanes) is 1. The minimum atomic E-state index is -1.88. The van der Waals surface area contributed by atoms with Gasteiger partial charge in [0.2, 0.25) is 0 Å². The third-order valence-corrected chi connectivity index (χ3v) is 17.7. The summed E-state index contributed by atoms with van der Waals surface area (Å²) >= 11 is 0. The quantitative estimate of drug-likeness (QED) is 0.0650. The molecule has 0 amide bonds. The second kappa shape index (κ2) is 28.0. The fourth-order valence-corrected chi connectivity index (χ4v) is 13.4. The number of aliphatic carboxylic acids is 2. The molecule has 1 saturated heterocycles. The van der Waals surface area contributed by atoms with E-state index in [0.717, 1.165) is 17.5 Å². The highest BCUT2D eigenvalue weighted by Gasteiger charge is 2.55. The van der Waals surface area contributed by atoms with Crippen LogP contribution in [0.15, 0.2) is 90.0 Å². The Morgan fingerprint density at radius 3 is 2.46 bits per heavy atom. The number of hydrogen-bond donors (Lipinski definition) is 13. The van der Waals surface area contributed by atoms with Crippen molar-refractivity contribution in [2.75, 3.05) is 13.2 Å². The van der Waals surface area contributed by atoms with Crippen LogP contribution >= 0.6 is 0 Å². The zero-order valence-corrected chi connectivity index (χ0v) is 46.2. The van der Waals surface area contributed by atoms with Crippen LogP contribution in [-0.4, -0.2) is 141 Å². The molecule has 4 heterocycles. The Labute approximate surface area is 465 Å². The van der Waals surface area contributed by atoms with Gasteiger partial charge in [-0.25, -0.2) is 0 Å². The number of rotatable bonds is 18. The predicted octanol–water partition coefficient (Wildman–Crippen LogP) is 6.01. The molecule has 14 atom stereocenters. The van der Waals surface area contributed by atoms with Gasteiger partial charge in [0.1, 0.15) is 5.75 Å². The third-order valence-electron chi connectivity index (χ3n) is 17.7. The van der Waals surface area contributed by atoms with Crippen LogP contribution in [0.5, 0.6) is 5.75 Å². The highest BCUT2D eigenvalue weighted by atomic mass is 16.4. The molecule has 1 aliphatic carbocycles. The number of carboxylic acids is 2. The van der Waals surface area contributed by atoms with Gasteiger partial charge in [-0.15, -0.1) is 0 Å². The second-order valence-corrected chi connectivity index (χ2v) is 23.2. The maximum Gasteiger partial charge on any atom is 0.303 e. The van der Waals surface area contributed by atoms with E-state index in [1.807, 2.05) is 68.5 Å². The first-order valence-electron chi connectivity index (χ1n) is 28.7. The van der Waals surface area contributed by atoms with Crippen LogP contribution in [0.1, 0.15) is 149 Å². The van der Waals surface area contributed by atoms with Gasteiger partial charge in [-0.1, -0.05) is 98.4 Å². The number of aliphatic hydroxyl groups excluding tert-OH is 7. The molecule has 0 aromatic heterocycles. The van der Waals surface area contributed by atoms with Crippen LogP contribution in [0.3, 0.4) is 0 Å². The Balaban J connectivity index is 1.59. The van der Waals surface area contributed by atoms with E-state index in [0.29, 0.717) is 77.5 Å². The van der Waals surface area contributed by atoms with Crippen molar-refractivity contribution < 1.29 is 65.8 Å². The Bertz CT molecular complexity index is 2710. The molecular formula is C64H86N2O13. The van der Waals surface area contributed by atoms with Gasteiger partial charge in [-0.3, -0.25) is 9.59 Å². The summed E-state index contributed by atoms with van der Waals surface area (Å²) in [6.45, 7) is 4.88. The van der Waals surface area contributed by atoms with Gasteiger partial charge in [-0.05, 0) is 171 Å². The van der Waals surface area contributed by atoms with Gasteiger partial charge in [0, 0.05) is 49.1 Å². The van der Waals surface area contributed by atoms with E-state index < -0.39 is 96.0 Å². The van der Waals surface area contributed by atoms with E-state index in [9.17, 15) is 65.8 Å². The summed E-state index contributed by atoms with van der Waals surface area (Å²) in [7, 11) is 0. The van der Waals surface area contributed by atoms with Crippen molar-refractivity contribution in [2.24, 2.45) is 17.8 Å². The second-order valence-electron chi connectivity index (χ2n) is 23.2. The summed E-state index contributed by atoms with van der Waals surface area (Å²) in [5.41, 5.74) is 2.81. The van der Waals surface area contributed by atoms with E-state index >= 15 is 0 Å². The number of carbonyl (C=O) groups is 2. The van der Waals surface area contributed by atoms with Gasteiger partial charge in [0.05, 0.1) is 54.7 Å². The Morgan fingerprint density at radius 2 is 1.72 bits per heavy atom. The van der Waals surface area contributed by atoms with Crippen molar-refractivity contribution in [1.29, 1.82) is 0 Å². The molecule has 1 fully saturated rings. The molecule has 5 aliphatic rings. The molecule has 8 rings (SSSR count). The first-order chi connectivity index (χ1) is 37.8. The van der Waals surface area contributed by atoms with Gasteiger partial charge in [-0.2, -0.15) is 0 Å². The van der Waals surface area contributed by atoms with Crippen molar-refractivity contribution in [3.05, 3.63) is 129 Å². The minimum absolute atomic E-state index is 0.0203. The van der Waals surface area contributed by atoms with Gasteiger partial charge >= 0.3 is 11.9 Å². The molecular weight excluding hydrogens is 1000 g/mol. The molecule has 79 heavy (non-hydrogen) atoms. The molecule has 6 bridgehead atoms. The zero-order valence-electron chi connectivity index (χ0n) is 46.2. The molecule has 15 heteroatoms. The lowest BCUT2D eigenvalue weighted by Gasteiger charge is -2.54. The Morgan fingerprint density at radius 1 is 0.937 bits per heavy atom. The number of nitrogens with one attached hydrogen (secondary N) is 2. The summed E-state index contributed by atoms with van der Waals surface area (Å²) in [6, 6.07) is 16.5. The van der Waals surface area contributed by atoms with E-state index in [4.69, 9.17) is 0 Å². The number of aryl methyl sites for hydroxylation is 2.